The largest absolute Gasteiger partial charge is 0.334 e. The first kappa shape index (κ1) is 14.1. The van der Waals surface area contributed by atoms with Gasteiger partial charge < -0.3 is 4.52 Å². The number of thioether (sulfide) groups is 1. The van der Waals surface area contributed by atoms with Crippen LogP contribution in [0.2, 0.25) is 0 Å². The summed E-state index contributed by atoms with van der Waals surface area (Å²) in [4.78, 5) is 8.70. The zero-order valence-corrected chi connectivity index (χ0v) is 11.9. The normalized spacial score (nSPS) is 11.2. The van der Waals surface area contributed by atoms with E-state index in [1.54, 1.807) is 0 Å². The van der Waals surface area contributed by atoms with Crippen molar-refractivity contribution in [2.45, 2.75) is 13.3 Å². The monoisotopic (exact) mass is 287 g/mol. The highest BCUT2D eigenvalue weighted by Gasteiger charge is 2.12. The maximum absolute atomic E-state index is 8.67. The minimum absolute atomic E-state index is 0.429. The number of hydrogen-bond donors (Lipinski definition) is 1. The van der Waals surface area contributed by atoms with Crippen molar-refractivity contribution in [1.29, 1.82) is 5.26 Å². The van der Waals surface area contributed by atoms with Crippen LogP contribution in [0.5, 0.6) is 0 Å². The molecule has 0 aliphatic rings. The predicted octanol–water partition coefficient (Wildman–Crippen LogP) is 2.72. The molecule has 0 spiro atoms. The zero-order valence-electron chi connectivity index (χ0n) is 11.1. The number of rotatable bonds is 3. The fourth-order valence-electron chi connectivity index (χ4n) is 1.54. The highest BCUT2D eigenvalue weighted by atomic mass is 32.2. The number of benzene rings is 1. The Kier molecular flexibility index (Phi) is 4.74. The summed E-state index contributed by atoms with van der Waals surface area (Å²) >= 11 is 1.35. The first-order chi connectivity index (χ1) is 9.78. The summed E-state index contributed by atoms with van der Waals surface area (Å²) in [5.41, 5.74) is 1.41. The number of aryl methyl sites for hydroxylation is 1. The van der Waals surface area contributed by atoms with Gasteiger partial charge >= 0.3 is 0 Å². The van der Waals surface area contributed by atoms with E-state index in [1.165, 1.54) is 11.8 Å². The molecule has 2 rings (SSSR count). The lowest BCUT2D eigenvalue weighted by atomic mass is 10.2. The van der Waals surface area contributed by atoms with Gasteiger partial charge in [0.15, 0.2) is 17.2 Å². The van der Waals surface area contributed by atoms with E-state index in [1.807, 2.05) is 43.6 Å². The number of nitrogens with zero attached hydrogens (tertiary/aromatic N) is 4. The lowest BCUT2D eigenvalue weighted by Crippen LogP contribution is -2.12. The smallest absolute Gasteiger partial charge is 0.260 e. The van der Waals surface area contributed by atoms with Gasteiger partial charge in [-0.25, -0.2) is 4.99 Å². The molecule has 0 aliphatic heterocycles. The van der Waals surface area contributed by atoms with Crippen LogP contribution in [-0.4, -0.2) is 21.6 Å². The highest BCUT2D eigenvalue weighted by molar-refractivity contribution is 8.13. The van der Waals surface area contributed by atoms with E-state index >= 15 is 0 Å². The molecule has 0 saturated heterocycles. The van der Waals surface area contributed by atoms with Crippen LogP contribution in [0.4, 0.5) is 5.69 Å². The van der Waals surface area contributed by atoms with Crippen molar-refractivity contribution < 1.29 is 4.52 Å². The van der Waals surface area contributed by atoms with Gasteiger partial charge in [0.05, 0.1) is 11.3 Å². The Morgan fingerprint density at radius 1 is 1.50 bits per heavy atom. The van der Waals surface area contributed by atoms with Crippen LogP contribution < -0.4 is 5.32 Å². The Hall–Kier alpha value is -2.33. The zero-order chi connectivity index (χ0) is 14.4. The van der Waals surface area contributed by atoms with Crippen molar-refractivity contribution in [3.8, 4) is 17.6 Å². The Bertz CT molecular complexity index is 659. The lowest BCUT2D eigenvalue weighted by molar-refractivity contribution is 0.423. The van der Waals surface area contributed by atoms with Gasteiger partial charge in [-0.1, -0.05) is 36.0 Å². The van der Waals surface area contributed by atoms with Crippen LogP contribution in [0.25, 0.3) is 11.5 Å². The van der Waals surface area contributed by atoms with Crippen molar-refractivity contribution in [2.24, 2.45) is 4.99 Å². The van der Waals surface area contributed by atoms with Crippen molar-refractivity contribution in [3.05, 3.63) is 30.1 Å². The second kappa shape index (κ2) is 6.73. The molecule has 2 aromatic rings. The van der Waals surface area contributed by atoms with Gasteiger partial charge in [-0.3, -0.25) is 5.32 Å². The summed E-state index contributed by atoms with van der Waals surface area (Å²) in [5.74, 6) is 1.08. The standard InChI is InChI=1S/C13H13N5OS/c1-3-11-17-12(19-18-11)9-6-4-5-7-10(9)16-13(20-2)15-8-14/h4-7H,3H2,1-2H3,(H,15,16). The Balaban J connectivity index is 2.43. The summed E-state index contributed by atoms with van der Waals surface area (Å²) in [6.45, 7) is 1.96. The average molecular weight is 287 g/mol. The molecular weight excluding hydrogens is 274 g/mol. The molecule has 6 nitrogen and oxygen atoms in total. The number of para-hydroxylation sites is 1. The van der Waals surface area contributed by atoms with E-state index in [-0.39, 0.29) is 0 Å². The van der Waals surface area contributed by atoms with Crippen molar-refractivity contribution >= 4 is 22.6 Å². The SMILES string of the molecule is CCc1noc(-c2ccccc2N=C(NC#N)SC)n1. The van der Waals surface area contributed by atoms with Crippen LogP contribution in [0.15, 0.2) is 33.8 Å². The number of nitrogens with one attached hydrogen (secondary N) is 1. The number of nitriles is 1. The summed E-state index contributed by atoms with van der Waals surface area (Å²) < 4.78 is 5.23. The lowest BCUT2D eigenvalue weighted by Gasteiger charge is -2.03. The molecule has 0 unspecified atom stereocenters. The molecule has 0 fully saturated rings. The molecule has 1 aromatic heterocycles. The molecule has 1 heterocycles. The molecule has 1 aromatic carbocycles. The molecule has 7 heteroatoms. The first-order valence-corrected chi connectivity index (χ1v) is 7.20. The fraction of sp³-hybridized carbons (Fsp3) is 0.231. The third-order valence-corrected chi connectivity index (χ3v) is 3.08. The highest BCUT2D eigenvalue weighted by Crippen LogP contribution is 2.29. The summed E-state index contributed by atoms with van der Waals surface area (Å²) in [5, 5.41) is 15.6. The molecule has 0 aliphatic carbocycles. The van der Waals surface area contributed by atoms with Gasteiger partial charge in [0.1, 0.15) is 0 Å². The minimum atomic E-state index is 0.429. The van der Waals surface area contributed by atoms with Gasteiger partial charge in [-0.2, -0.15) is 10.2 Å². The molecular formula is C13H13N5OS. The molecule has 0 saturated carbocycles. The maximum atomic E-state index is 8.67. The Labute approximate surface area is 120 Å². The molecule has 102 valence electrons. The third kappa shape index (κ3) is 3.16. The number of aliphatic imine (C=N–C) groups is 1. The van der Waals surface area contributed by atoms with Gasteiger partial charge in [-0.15, -0.1) is 0 Å². The van der Waals surface area contributed by atoms with E-state index in [0.717, 1.165) is 5.56 Å². The van der Waals surface area contributed by atoms with Crippen molar-refractivity contribution in [1.82, 2.24) is 15.5 Å². The van der Waals surface area contributed by atoms with Crippen LogP contribution >= 0.6 is 11.8 Å². The molecule has 20 heavy (non-hydrogen) atoms. The van der Waals surface area contributed by atoms with E-state index < -0.39 is 0 Å². The van der Waals surface area contributed by atoms with Gasteiger partial charge in [0.2, 0.25) is 0 Å². The first-order valence-electron chi connectivity index (χ1n) is 5.98. The Morgan fingerprint density at radius 3 is 2.95 bits per heavy atom. The van der Waals surface area contributed by atoms with Crippen LogP contribution in [0.1, 0.15) is 12.7 Å². The maximum Gasteiger partial charge on any atom is 0.260 e. The average Bonchev–Trinajstić information content (AvgIpc) is 2.96. The van der Waals surface area contributed by atoms with Gasteiger partial charge in [0.25, 0.3) is 5.89 Å². The summed E-state index contributed by atoms with van der Waals surface area (Å²) in [6, 6.07) is 7.43. The summed E-state index contributed by atoms with van der Waals surface area (Å²) in [6.07, 6.45) is 4.41. The predicted molar refractivity (Wildman–Crippen MR) is 78.5 cm³/mol. The Morgan fingerprint density at radius 2 is 2.30 bits per heavy atom. The van der Waals surface area contributed by atoms with E-state index in [0.29, 0.717) is 29.0 Å². The van der Waals surface area contributed by atoms with Crippen LogP contribution in [0.3, 0.4) is 0 Å². The van der Waals surface area contributed by atoms with Gasteiger partial charge in [-0.05, 0) is 18.4 Å². The van der Waals surface area contributed by atoms with Gasteiger partial charge in [0, 0.05) is 6.42 Å². The molecule has 0 bridgehead atoms. The van der Waals surface area contributed by atoms with E-state index in [9.17, 15) is 0 Å². The molecule has 1 N–H and O–H groups in total. The second-order valence-corrected chi connectivity index (χ2v) is 4.54. The van der Waals surface area contributed by atoms with E-state index in [4.69, 9.17) is 9.78 Å². The quantitative estimate of drug-likeness (QED) is 0.404. The minimum Gasteiger partial charge on any atom is -0.334 e. The number of aromatic nitrogens is 2. The molecule has 0 amide bonds. The van der Waals surface area contributed by atoms with Crippen molar-refractivity contribution in [3.63, 3.8) is 0 Å². The van der Waals surface area contributed by atoms with Crippen molar-refractivity contribution in [2.75, 3.05) is 6.26 Å². The third-order valence-electron chi connectivity index (χ3n) is 2.50. The molecule has 0 atom stereocenters. The summed E-state index contributed by atoms with van der Waals surface area (Å²) in [7, 11) is 0. The topological polar surface area (TPSA) is 87.1 Å². The van der Waals surface area contributed by atoms with Crippen LogP contribution in [0, 0.1) is 11.5 Å². The number of hydrogen-bond acceptors (Lipinski definition) is 6. The van der Waals surface area contributed by atoms with Crippen LogP contribution in [-0.2, 0) is 6.42 Å². The second-order valence-electron chi connectivity index (χ2n) is 3.74. The van der Waals surface area contributed by atoms with E-state index in [2.05, 4.69) is 20.4 Å². The number of amidine groups is 1. The fourth-order valence-corrected chi connectivity index (χ4v) is 1.88. The molecule has 0 radical (unpaired) electrons.